The number of nitrogens with zero attached hydrogens (tertiary/aromatic N) is 1. The van der Waals surface area contributed by atoms with Gasteiger partial charge in [0, 0.05) is 24.1 Å². The summed E-state index contributed by atoms with van der Waals surface area (Å²) in [5.41, 5.74) is 0. The summed E-state index contributed by atoms with van der Waals surface area (Å²) in [5.74, 6) is -1.97. The Balaban J connectivity index is 1.62. The number of halogens is 3. The summed E-state index contributed by atoms with van der Waals surface area (Å²) in [6.07, 6.45) is -0.616. The molecule has 1 fully saturated rings. The Hall–Kier alpha value is -0.800. The summed E-state index contributed by atoms with van der Waals surface area (Å²) in [5, 5.41) is 9.86. The SMILES string of the molecule is O[C@@H](COCCOc1c(F)cc(Br)cc1F)CN1CCOCC1. The van der Waals surface area contributed by atoms with Crippen molar-refractivity contribution in [1.29, 1.82) is 0 Å². The molecule has 23 heavy (non-hydrogen) atoms. The van der Waals surface area contributed by atoms with Crippen molar-refractivity contribution in [1.82, 2.24) is 4.90 Å². The molecule has 0 unspecified atom stereocenters. The van der Waals surface area contributed by atoms with Crippen molar-refractivity contribution in [2.45, 2.75) is 6.10 Å². The lowest BCUT2D eigenvalue weighted by molar-refractivity contribution is -0.0181. The van der Waals surface area contributed by atoms with E-state index in [-0.39, 0.29) is 19.8 Å². The van der Waals surface area contributed by atoms with Crippen LogP contribution in [0, 0.1) is 11.6 Å². The van der Waals surface area contributed by atoms with Gasteiger partial charge in [0.2, 0.25) is 0 Å². The van der Waals surface area contributed by atoms with Crippen LogP contribution in [0.3, 0.4) is 0 Å². The first-order chi connectivity index (χ1) is 11.1. The molecule has 1 N–H and O–H groups in total. The van der Waals surface area contributed by atoms with Crippen molar-refractivity contribution in [2.24, 2.45) is 0 Å². The highest BCUT2D eigenvalue weighted by atomic mass is 79.9. The Bertz CT molecular complexity index is 477. The third-order valence-electron chi connectivity index (χ3n) is 3.32. The molecule has 1 saturated heterocycles. The molecular formula is C15H20BrF2NO4. The summed E-state index contributed by atoms with van der Waals surface area (Å²) >= 11 is 3.00. The van der Waals surface area contributed by atoms with Gasteiger partial charge in [-0.3, -0.25) is 4.90 Å². The van der Waals surface area contributed by atoms with Gasteiger partial charge in [-0.05, 0) is 12.1 Å². The maximum atomic E-state index is 13.5. The van der Waals surface area contributed by atoms with E-state index in [1.165, 1.54) is 0 Å². The first-order valence-electron chi connectivity index (χ1n) is 7.39. The number of β-amino-alcohol motifs (C(OH)–C–C–N with tert-alkyl or cyclic N) is 1. The molecule has 0 aromatic heterocycles. The summed E-state index contributed by atoms with van der Waals surface area (Å²) in [6, 6.07) is 2.26. The normalized spacial score (nSPS) is 17.2. The van der Waals surface area contributed by atoms with Crippen LogP contribution in [0.4, 0.5) is 8.78 Å². The van der Waals surface area contributed by atoms with E-state index in [1.54, 1.807) is 0 Å². The van der Waals surface area contributed by atoms with Crippen LogP contribution >= 0.6 is 15.9 Å². The van der Waals surface area contributed by atoms with Gasteiger partial charge in [0.25, 0.3) is 0 Å². The molecule has 1 aromatic rings. The van der Waals surface area contributed by atoms with E-state index in [0.29, 0.717) is 24.2 Å². The minimum Gasteiger partial charge on any atom is -0.485 e. The van der Waals surface area contributed by atoms with Gasteiger partial charge < -0.3 is 19.3 Å². The van der Waals surface area contributed by atoms with E-state index in [4.69, 9.17) is 14.2 Å². The number of benzene rings is 1. The average molecular weight is 396 g/mol. The lowest BCUT2D eigenvalue weighted by atomic mass is 10.3. The molecule has 1 heterocycles. The Morgan fingerprint density at radius 2 is 1.87 bits per heavy atom. The highest BCUT2D eigenvalue weighted by Crippen LogP contribution is 2.25. The third kappa shape index (κ3) is 6.31. The molecule has 1 aromatic carbocycles. The minimum absolute atomic E-state index is 0.000251. The number of aliphatic hydroxyl groups is 1. The number of hydrogen-bond acceptors (Lipinski definition) is 5. The number of hydrogen-bond donors (Lipinski definition) is 1. The number of ether oxygens (including phenoxy) is 3. The van der Waals surface area contributed by atoms with Gasteiger partial charge in [0.05, 0.1) is 32.5 Å². The largest absolute Gasteiger partial charge is 0.485 e. The Labute approximate surface area is 142 Å². The van der Waals surface area contributed by atoms with E-state index in [2.05, 4.69) is 20.8 Å². The van der Waals surface area contributed by atoms with E-state index in [0.717, 1.165) is 25.2 Å². The first kappa shape index (κ1) is 18.5. The maximum Gasteiger partial charge on any atom is 0.190 e. The van der Waals surface area contributed by atoms with Gasteiger partial charge in [-0.25, -0.2) is 8.78 Å². The van der Waals surface area contributed by atoms with Gasteiger partial charge in [-0.15, -0.1) is 0 Å². The van der Waals surface area contributed by atoms with Crippen LogP contribution in [0.25, 0.3) is 0 Å². The lowest BCUT2D eigenvalue weighted by Crippen LogP contribution is -2.42. The summed E-state index contributed by atoms with van der Waals surface area (Å²) in [4.78, 5) is 2.10. The van der Waals surface area contributed by atoms with Crippen LogP contribution in [-0.2, 0) is 9.47 Å². The molecule has 0 aliphatic carbocycles. The van der Waals surface area contributed by atoms with Crippen molar-refractivity contribution in [3.8, 4) is 5.75 Å². The molecule has 2 rings (SSSR count). The third-order valence-corrected chi connectivity index (χ3v) is 3.78. The van der Waals surface area contributed by atoms with Crippen molar-refractivity contribution in [2.75, 3.05) is 52.7 Å². The zero-order valence-corrected chi connectivity index (χ0v) is 14.2. The van der Waals surface area contributed by atoms with Crippen LogP contribution in [0.1, 0.15) is 0 Å². The van der Waals surface area contributed by atoms with Crippen LogP contribution < -0.4 is 4.74 Å². The van der Waals surface area contributed by atoms with Gasteiger partial charge in [0.15, 0.2) is 17.4 Å². The monoisotopic (exact) mass is 395 g/mol. The zero-order chi connectivity index (χ0) is 16.7. The standard InChI is InChI=1S/C15H20BrF2NO4/c16-11-7-13(17)15(14(18)8-11)23-6-5-22-10-12(20)9-19-1-3-21-4-2-19/h7-8,12,20H,1-6,9-10H2/t12-/m1/s1. The molecule has 0 saturated carbocycles. The van der Waals surface area contributed by atoms with E-state index < -0.39 is 23.5 Å². The second kappa shape index (κ2) is 9.48. The van der Waals surface area contributed by atoms with E-state index in [9.17, 15) is 13.9 Å². The second-order valence-electron chi connectivity index (χ2n) is 5.19. The summed E-state index contributed by atoms with van der Waals surface area (Å²) < 4.78 is 42.9. The van der Waals surface area contributed by atoms with Crippen molar-refractivity contribution < 1.29 is 28.1 Å². The van der Waals surface area contributed by atoms with E-state index in [1.807, 2.05) is 0 Å². The van der Waals surface area contributed by atoms with Gasteiger partial charge in [-0.1, -0.05) is 15.9 Å². The number of morpholine rings is 1. The molecular weight excluding hydrogens is 376 g/mol. The van der Waals surface area contributed by atoms with Gasteiger partial charge >= 0.3 is 0 Å². The topological polar surface area (TPSA) is 51.2 Å². The predicted octanol–water partition coefficient (Wildman–Crippen LogP) is 1.82. The number of aliphatic hydroxyl groups excluding tert-OH is 1. The molecule has 0 radical (unpaired) electrons. The molecule has 1 atom stereocenters. The van der Waals surface area contributed by atoms with Crippen molar-refractivity contribution in [3.63, 3.8) is 0 Å². The van der Waals surface area contributed by atoms with Crippen LogP contribution in [0.2, 0.25) is 0 Å². The molecule has 0 bridgehead atoms. The fourth-order valence-corrected chi connectivity index (χ4v) is 2.63. The van der Waals surface area contributed by atoms with Crippen LogP contribution in [0.15, 0.2) is 16.6 Å². The molecule has 5 nitrogen and oxygen atoms in total. The minimum atomic E-state index is -0.774. The van der Waals surface area contributed by atoms with Gasteiger partial charge in [0.1, 0.15) is 6.61 Å². The van der Waals surface area contributed by atoms with Crippen LogP contribution in [-0.4, -0.2) is 68.8 Å². The molecule has 1 aliphatic heterocycles. The average Bonchev–Trinajstić information content (AvgIpc) is 2.50. The van der Waals surface area contributed by atoms with Crippen molar-refractivity contribution >= 4 is 15.9 Å². The predicted molar refractivity (Wildman–Crippen MR) is 83.6 cm³/mol. The molecule has 0 amide bonds. The molecule has 8 heteroatoms. The molecule has 1 aliphatic rings. The molecule has 0 spiro atoms. The highest BCUT2D eigenvalue weighted by Gasteiger charge is 2.15. The Morgan fingerprint density at radius 1 is 1.22 bits per heavy atom. The van der Waals surface area contributed by atoms with Crippen LogP contribution in [0.5, 0.6) is 5.75 Å². The second-order valence-corrected chi connectivity index (χ2v) is 6.10. The van der Waals surface area contributed by atoms with Crippen molar-refractivity contribution in [3.05, 3.63) is 28.2 Å². The quantitative estimate of drug-likeness (QED) is 0.680. The fourth-order valence-electron chi connectivity index (χ4n) is 2.22. The Kier molecular flexibility index (Phi) is 7.64. The smallest absolute Gasteiger partial charge is 0.190 e. The number of rotatable bonds is 8. The maximum absolute atomic E-state index is 13.5. The van der Waals surface area contributed by atoms with Gasteiger partial charge in [-0.2, -0.15) is 0 Å². The molecule has 130 valence electrons. The van der Waals surface area contributed by atoms with E-state index >= 15 is 0 Å². The Morgan fingerprint density at radius 3 is 2.52 bits per heavy atom. The first-order valence-corrected chi connectivity index (χ1v) is 8.19. The fraction of sp³-hybridized carbons (Fsp3) is 0.600. The summed E-state index contributed by atoms with van der Waals surface area (Å²) in [6.45, 7) is 3.73. The zero-order valence-electron chi connectivity index (χ0n) is 12.6. The lowest BCUT2D eigenvalue weighted by Gasteiger charge is -2.28. The summed E-state index contributed by atoms with van der Waals surface area (Å²) in [7, 11) is 0. The highest BCUT2D eigenvalue weighted by molar-refractivity contribution is 9.10.